The van der Waals surface area contributed by atoms with Crippen LogP contribution in [0.1, 0.15) is 12.8 Å². The fourth-order valence-corrected chi connectivity index (χ4v) is 0.971. The summed E-state index contributed by atoms with van der Waals surface area (Å²) in [5.74, 6) is -0.388. The van der Waals surface area contributed by atoms with Crippen molar-refractivity contribution in [2.75, 3.05) is 6.54 Å². The number of hydrogen-bond acceptors (Lipinski definition) is 4. The molecule has 7 heteroatoms. The zero-order valence-corrected chi connectivity index (χ0v) is 10.3. The van der Waals surface area contributed by atoms with Crippen LogP contribution in [0.15, 0.2) is 0 Å². The molecule has 0 unspecified atom stereocenters. The van der Waals surface area contributed by atoms with Crippen molar-refractivity contribution in [1.29, 1.82) is 0 Å². The van der Waals surface area contributed by atoms with Gasteiger partial charge < -0.3 is 9.84 Å². The van der Waals surface area contributed by atoms with Crippen LogP contribution in [-0.4, -0.2) is 86.1 Å². The van der Waals surface area contributed by atoms with Crippen molar-refractivity contribution in [3.05, 3.63) is 0 Å². The SMILES string of the molecule is O=C(O)OC(=O)N1CCCC1=O.[K]. The second-order valence-corrected chi connectivity index (χ2v) is 2.28. The maximum absolute atomic E-state index is 10.8. The van der Waals surface area contributed by atoms with Gasteiger partial charge in [-0.05, 0) is 6.42 Å². The topological polar surface area (TPSA) is 83.9 Å². The molecule has 0 aromatic heterocycles. The summed E-state index contributed by atoms with van der Waals surface area (Å²) in [6.07, 6.45) is -1.97. The van der Waals surface area contributed by atoms with E-state index >= 15 is 0 Å². The van der Waals surface area contributed by atoms with Crippen LogP contribution < -0.4 is 0 Å². The van der Waals surface area contributed by atoms with Crippen molar-refractivity contribution in [1.82, 2.24) is 4.90 Å². The van der Waals surface area contributed by atoms with Crippen LogP contribution >= 0.6 is 0 Å². The Morgan fingerprint density at radius 1 is 1.46 bits per heavy atom. The molecule has 0 saturated carbocycles. The van der Waals surface area contributed by atoms with E-state index in [0.717, 1.165) is 4.90 Å². The van der Waals surface area contributed by atoms with Crippen molar-refractivity contribution in [2.24, 2.45) is 0 Å². The average molecular weight is 212 g/mol. The Labute approximate surface area is 117 Å². The van der Waals surface area contributed by atoms with Gasteiger partial charge in [-0.15, -0.1) is 0 Å². The molecule has 0 atom stereocenters. The van der Waals surface area contributed by atoms with Crippen molar-refractivity contribution in [3.63, 3.8) is 0 Å². The molecule has 6 nitrogen and oxygen atoms in total. The molecule has 1 aliphatic heterocycles. The average Bonchev–Trinajstić information content (AvgIpc) is 2.33. The first-order chi connectivity index (χ1) is 5.61. The van der Waals surface area contributed by atoms with E-state index in [0.29, 0.717) is 6.42 Å². The van der Waals surface area contributed by atoms with Crippen LogP contribution in [-0.2, 0) is 9.53 Å². The Bertz CT molecular complexity index is 241. The molecule has 1 aliphatic rings. The first-order valence-corrected chi connectivity index (χ1v) is 3.36. The first-order valence-electron chi connectivity index (χ1n) is 3.36. The van der Waals surface area contributed by atoms with E-state index in [1.54, 1.807) is 0 Å². The van der Waals surface area contributed by atoms with Gasteiger partial charge in [0.2, 0.25) is 5.91 Å². The normalized spacial score (nSPS) is 15.1. The van der Waals surface area contributed by atoms with Gasteiger partial charge in [0.05, 0.1) is 0 Å². The molecule has 1 radical (unpaired) electrons. The van der Waals surface area contributed by atoms with Gasteiger partial charge in [-0.2, -0.15) is 0 Å². The van der Waals surface area contributed by atoms with E-state index in [2.05, 4.69) is 4.74 Å². The number of rotatable bonds is 0. The van der Waals surface area contributed by atoms with Gasteiger partial charge in [0.1, 0.15) is 0 Å². The third kappa shape index (κ3) is 3.73. The second kappa shape index (κ2) is 5.71. The smallest absolute Gasteiger partial charge is 0.449 e. The summed E-state index contributed by atoms with van der Waals surface area (Å²) >= 11 is 0. The van der Waals surface area contributed by atoms with E-state index < -0.39 is 12.2 Å². The molecule has 1 heterocycles. The summed E-state index contributed by atoms with van der Waals surface area (Å²) in [6.45, 7) is 0.241. The summed E-state index contributed by atoms with van der Waals surface area (Å²) in [4.78, 5) is 32.3. The minimum absolute atomic E-state index is 0. The Morgan fingerprint density at radius 3 is 2.46 bits per heavy atom. The maximum atomic E-state index is 10.8. The molecule has 13 heavy (non-hydrogen) atoms. The molecule has 2 amide bonds. The summed E-state index contributed by atoms with van der Waals surface area (Å²) in [5, 5.41) is 8.05. The van der Waals surface area contributed by atoms with E-state index in [1.807, 2.05) is 0 Å². The number of carboxylic acid groups (broad SMARTS) is 1. The number of hydrogen-bond donors (Lipinski definition) is 1. The summed E-state index contributed by atoms with van der Waals surface area (Å²) in [6, 6.07) is 0. The largest absolute Gasteiger partial charge is 0.514 e. The Morgan fingerprint density at radius 2 is 2.08 bits per heavy atom. The van der Waals surface area contributed by atoms with Crippen LogP contribution in [0.2, 0.25) is 0 Å². The van der Waals surface area contributed by atoms with Crippen LogP contribution in [0.5, 0.6) is 0 Å². The number of likely N-dealkylation sites (tertiary alicyclic amines) is 1. The molecule has 1 N–H and O–H groups in total. The number of nitrogens with zero attached hydrogens (tertiary/aromatic N) is 1. The van der Waals surface area contributed by atoms with Crippen molar-refractivity contribution in [3.8, 4) is 0 Å². The van der Waals surface area contributed by atoms with Gasteiger partial charge >= 0.3 is 12.2 Å². The predicted molar refractivity (Wildman–Crippen MR) is 41.2 cm³/mol. The molecule has 0 aliphatic carbocycles. The minimum atomic E-state index is -1.69. The summed E-state index contributed by atoms with van der Waals surface area (Å²) in [5.41, 5.74) is 0. The second-order valence-electron chi connectivity index (χ2n) is 2.28. The minimum Gasteiger partial charge on any atom is -0.449 e. The van der Waals surface area contributed by atoms with Gasteiger partial charge in [0.25, 0.3) is 0 Å². The zero-order chi connectivity index (χ0) is 9.14. The molecule has 1 saturated heterocycles. The van der Waals surface area contributed by atoms with Crippen molar-refractivity contribution in [2.45, 2.75) is 12.8 Å². The van der Waals surface area contributed by atoms with Crippen LogP contribution in [0.4, 0.5) is 9.59 Å². The third-order valence-corrected chi connectivity index (χ3v) is 1.47. The van der Waals surface area contributed by atoms with Gasteiger partial charge in [0, 0.05) is 64.4 Å². The van der Waals surface area contributed by atoms with E-state index in [4.69, 9.17) is 5.11 Å². The monoisotopic (exact) mass is 212 g/mol. The number of carbonyl (C=O) groups excluding carboxylic acids is 2. The van der Waals surface area contributed by atoms with Gasteiger partial charge in [-0.1, -0.05) is 0 Å². The standard InChI is InChI=1S/C6H7NO5.K/c8-4-2-1-3-7(4)5(9)12-6(10)11;/h1-3H2,(H,10,11);. The van der Waals surface area contributed by atoms with Gasteiger partial charge in [-0.3, -0.25) is 4.79 Å². The molecular weight excluding hydrogens is 205 g/mol. The Hall–Kier alpha value is 0.0464. The van der Waals surface area contributed by atoms with Crippen molar-refractivity contribution < 1.29 is 24.2 Å². The van der Waals surface area contributed by atoms with Crippen LogP contribution in [0, 0.1) is 0 Å². The molecule has 0 bridgehead atoms. The van der Waals surface area contributed by atoms with Crippen LogP contribution in [0.25, 0.3) is 0 Å². The summed E-state index contributed by atoms with van der Waals surface area (Å²) < 4.78 is 3.79. The fraction of sp³-hybridized carbons (Fsp3) is 0.500. The first kappa shape index (κ1) is 13.0. The molecular formula is C6H7KNO5. The van der Waals surface area contributed by atoms with Gasteiger partial charge in [-0.25, -0.2) is 14.5 Å². The number of carbonyl (C=O) groups is 3. The Kier molecular flexibility index (Phi) is 5.73. The zero-order valence-electron chi connectivity index (χ0n) is 7.15. The van der Waals surface area contributed by atoms with Crippen molar-refractivity contribution >= 4 is 69.5 Å². The number of ether oxygens (including phenoxy) is 1. The quantitative estimate of drug-likeness (QED) is 0.348. The Balaban J connectivity index is 0.00000144. The van der Waals surface area contributed by atoms with E-state index in [-0.39, 0.29) is 70.3 Å². The van der Waals surface area contributed by atoms with E-state index in [1.165, 1.54) is 0 Å². The molecule has 0 aromatic carbocycles. The molecule has 0 spiro atoms. The number of imide groups is 1. The van der Waals surface area contributed by atoms with E-state index in [9.17, 15) is 14.4 Å². The third-order valence-electron chi connectivity index (χ3n) is 1.47. The molecule has 67 valence electrons. The number of amides is 2. The van der Waals surface area contributed by atoms with Gasteiger partial charge in [0.15, 0.2) is 0 Å². The summed E-state index contributed by atoms with van der Waals surface area (Å²) in [7, 11) is 0. The predicted octanol–water partition coefficient (Wildman–Crippen LogP) is 0.0426. The molecule has 0 aromatic rings. The van der Waals surface area contributed by atoms with Crippen LogP contribution in [0.3, 0.4) is 0 Å². The molecule has 1 rings (SSSR count). The maximum Gasteiger partial charge on any atom is 0.514 e. The molecule has 1 fully saturated rings. The fourth-order valence-electron chi connectivity index (χ4n) is 0.971.